The van der Waals surface area contributed by atoms with Crippen LogP contribution in [0.3, 0.4) is 0 Å². The van der Waals surface area contributed by atoms with Crippen LogP contribution in [0.5, 0.6) is 0 Å². The molecular weight excluding hydrogens is 709 g/mol. The molecule has 0 saturated carbocycles. The van der Waals surface area contributed by atoms with Crippen molar-refractivity contribution in [3.8, 4) is 44.8 Å². The van der Waals surface area contributed by atoms with Crippen LogP contribution in [-0.2, 0) is 0 Å². The highest BCUT2D eigenvalue weighted by Crippen LogP contribution is 2.41. The Morgan fingerprint density at radius 1 is 0.246 bits per heavy atom. The average molecular weight is 743 g/mol. The van der Waals surface area contributed by atoms with Crippen molar-refractivity contribution in [2.75, 3.05) is 0 Å². The maximum Gasteiger partial charge on any atom is 0.0548 e. The summed E-state index contributed by atoms with van der Waals surface area (Å²) in [6, 6.07) is 75.6. The normalized spacial score (nSPS) is 11.9. The fraction of sp³-hybridized carbons (Fsp3) is 0. The first-order valence-corrected chi connectivity index (χ1v) is 20.3. The lowest BCUT2D eigenvalue weighted by molar-refractivity contribution is 1.18. The third kappa shape index (κ3) is 5.10. The van der Waals surface area contributed by atoms with Gasteiger partial charge < -0.3 is 9.13 Å². The molecule has 3 heterocycles. The zero-order valence-corrected chi connectivity index (χ0v) is 31.7. The second-order valence-corrected chi connectivity index (χ2v) is 16.0. The molecule has 0 saturated heterocycles. The van der Waals surface area contributed by atoms with E-state index in [0.29, 0.717) is 0 Å². The number of thiophene rings is 1. The quantitative estimate of drug-likeness (QED) is 0.166. The number of fused-ring (bicyclic) bond motifs is 9. The topological polar surface area (TPSA) is 9.86 Å². The smallest absolute Gasteiger partial charge is 0.0548 e. The Morgan fingerprint density at radius 2 is 0.684 bits per heavy atom. The summed E-state index contributed by atoms with van der Waals surface area (Å²) >= 11 is 1.88. The van der Waals surface area contributed by atoms with Crippen LogP contribution in [0.2, 0.25) is 0 Å². The molecule has 0 amide bonds. The van der Waals surface area contributed by atoms with Gasteiger partial charge in [0, 0.05) is 53.1 Å². The zero-order valence-electron chi connectivity index (χ0n) is 30.9. The number of hydrogen-bond acceptors (Lipinski definition) is 1. The van der Waals surface area contributed by atoms with E-state index >= 15 is 0 Å². The van der Waals surface area contributed by atoms with E-state index in [1.165, 1.54) is 103 Å². The Labute approximate surface area is 333 Å². The third-order valence-electron chi connectivity index (χ3n) is 11.8. The van der Waals surface area contributed by atoms with Crippen LogP contribution < -0.4 is 0 Å². The van der Waals surface area contributed by atoms with Crippen LogP contribution in [0.25, 0.3) is 109 Å². The molecular formula is C54H34N2S. The van der Waals surface area contributed by atoms with Gasteiger partial charge in [-0.25, -0.2) is 0 Å². The maximum absolute atomic E-state index is 2.43. The van der Waals surface area contributed by atoms with Crippen molar-refractivity contribution >= 4 is 75.1 Å². The fourth-order valence-electron chi connectivity index (χ4n) is 8.98. The van der Waals surface area contributed by atoms with Gasteiger partial charge in [-0.3, -0.25) is 0 Å². The molecule has 3 aromatic heterocycles. The van der Waals surface area contributed by atoms with Crippen LogP contribution in [0.1, 0.15) is 0 Å². The summed E-state index contributed by atoms with van der Waals surface area (Å²) in [7, 11) is 0. The van der Waals surface area contributed by atoms with Gasteiger partial charge in [0.05, 0.1) is 22.1 Å². The van der Waals surface area contributed by atoms with Crippen molar-refractivity contribution in [3.05, 3.63) is 206 Å². The summed E-state index contributed by atoms with van der Waals surface area (Å²) in [5, 5.41) is 7.76. The van der Waals surface area contributed by atoms with E-state index in [1.54, 1.807) is 0 Å². The lowest BCUT2D eigenvalue weighted by Crippen LogP contribution is -1.94. The van der Waals surface area contributed by atoms with E-state index in [1.807, 2.05) is 11.3 Å². The van der Waals surface area contributed by atoms with Gasteiger partial charge in [-0.2, -0.15) is 0 Å². The van der Waals surface area contributed by atoms with Crippen molar-refractivity contribution in [1.82, 2.24) is 9.13 Å². The van der Waals surface area contributed by atoms with E-state index in [0.717, 1.165) is 5.69 Å². The first kappa shape index (κ1) is 32.1. The van der Waals surface area contributed by atoms with Crippen LogP contribution in [0.4, 0.5) is 0 Å². The number of benzene rings is 9. The first-order valence-electron chi connectivity index (χ1n) is 19.5. The van der Waals surface area contributed by atoms with Gasteiger partial charge >= 0.3 is 0 Å². The van der Waals surface area contributed by atoms with Gasteiger partial charge in [-0.1, -0.05) is 146 Å². The molecule has 0 N–H and O–H groups in total. The maximum atomic E-state index is 2.43. The molecule has 0 aliphatic carbocycles. The van der Waals surface area contributed by atoms with Crippen LogP contribution >= 0.6 is 11.3 Å². The van der Waals surface area contributed by atoms with Gasteiger partial charge in [0.25, 0.3) is 0 Å². The van der Waals surface area contributed by atoms with Gasteiger partial charge in [-0.05, 0) is 94.0 Å². The molecule has 57 heavy (non-hydrogen) atoms. The number of rotatable bonds is 5. The van der Waals surface area contributed by atoms with Crippen LogP contribution in [0, 0.1) is 0 Å². The van der Waals surface area contributed by atoms with Crippen molar-refractivity contribution in [1.29, 1.82) is 0 Å². The minimum Gasteiger partial charge on any atom is -0.309 e. The molecule has 0 fully saturated rings. The molecule has 2 nitrogen and oxygen atoms in total. The minimum atomic E-state index is 1.16. The monoisotopic (exact) mass is 742 g/mol. The molecule has 3 heteroatoms. The van der Waals surface area contributed by atoms with Gasteiger partial charge in [0.2, 0.25) is 0 Å². The lowest BCUT2D eigenvalue weighted by Gasteiger charge is -2.11. The molecule has 12 rings (SSSR count). The zero-order chi connectivity index (χ0) is 37.5. The lowest BCUT2D eigenvalue weighted by atomic mass is 10.00. The average Bonchev–Trinajstić information content (AvgIpc) is 3.93. The summed E-state index contributed by atoms with van der Waals surface area (Å²) in [6.07, 6.45) is 0. The molecule has 0 spiro atoms. The summed E-state index contributed by atoms with van der Waals surface area (Å²) < 4.78 is 7.49. The van der Waals surface area contributed by atoms with E-state index in [2.05, 4.69) is 215 Å². The van der Waals surface area contributed by atoms with Gasteiger partial charge in [0.1, 0.15) is 0 Å². The summed E-state index contributed by atoms with van der Waals surface area (Å²) in [6.45, 7) is 0. The molecule has 0 radical (unpaired) electrons. The fourth-order valence-corrected chi connectivity index (χ4v) is 10.1. The summed E-state index contributed by atoms with van der Waals surface area (Å²) in [4.78, 5) is 0. The largest absolute Gasteiger partial charge is 0.309 e. The van der Waals surface area contributed by atoms with Crippen molar-refractivity contribution in [2.24, 2.45) is 0 Å². The van der Waals surface area contributed by atoms with E-state index in [-0.39, 0.29) is 0 Å². The molecule has 266 valence electrons. The highest BCUT2D eigenvalue weighted by molar-refractivity contribution is 7.25. The van der Waals surface area contributed by atoms with Crippen molar-refractivity contribution in [3.63, 3.8) is 0 Å². The number of hydrogen-bond donors (Lipinski definition) is 0. The van der Waals surface area contributed by atoms with Gasteiger partial charge in [0.15, 0.2) is 0 Å². The Balaban J connectivity index is 0.867. The molecule has 12 aromatic rings. The number of nitrogens with zero attached hydrogens (tertiary/aromatic N) is 2. The predicted octanol–water partition coefficient (Wildman–Crippen LogP) is 15.2. The molecule has 0 atom stereocenters. The Morgan fingerprint density at radius 3 is 1.30 bits per heavy atom. The Bertz CT molecular complexity index is 3470. The first-order chi connectivity index (χ1) is 28.2. The van der Waals surface area contributed by atoms with Gasteiger partial charge in [-0.15, -0.1) is 11.3 Å². The Kier molecular flexibility index (Phi) is 7.13. The van der Waals surface area contributed by atoms with Crippen LogP contribution in [0.15, 0.2) is 206 Å². The standard InChI is InChI=1S/C54H34N2S/c1-2-10-35(11-3-1)40-26-31-45-43-12-4-7-15-49(43)55(51(45)32-40)41-27-22-38(23-28-41)36-18-20-37(21-19-36)39-24-29-42(30-25-39)56-50-16-8-5-13-44(50)47-34-54-48(33-52(47)56)46-14-6-9-17-53(46)57-54/h1-34H. The van der Waals surface area contributed by atoms with E-state index < -0.39 is 0 Å². The molecule has 0 bridgehead atoms. The molecule has 0 aliphatic heterocycles. The highest BCUT2D eigenvalue weighted by Gasteiger charge is 2.17. The second kappa shape index (κ2) is 12.7. The molecule has 0 aliphatic rings. The molecule has 9 aromatic carbocycles. The Hall–Kier alpha value is -7.20. The third-order valence-corrected chi connectivity index (χ3v) is 12.9. The number of para-hydroxylation sites is 2. The molecule has 0 unspecified atom stereocenters. The van der Waals surface area contributed by atoms with Crippen LogP contribution in [-0.4, -0.2) is 9.13 Å². The van der Waals surface area contributed by atoms with Crippen molar-refractivity contribution in [2.45, 2.75) is 0 Å². The van der Waals surface area contributed by atoms with E-state index in [4.69, 9.17) is 0 Å². The predicted molar refractivity (Wildman–Crippen MR) is 244 cm³/mol. The highest BCUT2D eigenvalue weighted by atomic mass is 32.1. The minimum absolute atomic E-state index is 1.16. The number of aromatic nitrogens is 2. The summed E-state index contributed by atoms with van der Waals surface area (Å²) in [5.41, 5.74) is 14.5. The SMILES string of the molecule is c1ccc(-c2ccc3c4ccccc4n(-c4ccc(-c5ccc(-c6ccc(-n7c8ccccc8c8cc9sc%10ccccc%10c9cc87)cc6)cc5)cc4)c3c2)cc1. The van der Waals surface area contributed by atoms with E-state index in [9.17, 15) is 0 Å². The second-order valence-electron chi connectivity index (χ2n) is 14.9. The summed E-state index contributed by atoms with van der Waals surface area (Å²) in [5.74, 6) is 0. The van der Waals surface area contributed by atoms with Crippen molar-refractivity contribution < 1.29 is 0 Å².